The second kappa shape index (κ2) is 6.53. The third-order valence-electron chi connectivity index (χ3n) is 3.59. The molecule has 7 nitrogen and oxygen atoms in total. The number of hydrogen-bond acceptors (Lipinski definition) is 6. The van der Waals surface area contributed by atoms with Crippen molar-refractivity contribution in [2.45, 2.75) is 0 Å². The highest BCUT2D eigenvalue weighted by molar-refractivity contribution is 5.69. The van der Waals surface area contributed by atoms with Crippen LogP contribution in [0.25, 0.3) is 0 Å². The van der Waals surface area contributed by atoms with Crippen molar-refractivity contribution in [1.82, 2.24) is 9.80 Å². The second-order valence-corrected chi connectivity index (χ2v) is 5.10. The lowest BCUT2D eigenvalue weighted by atomic mass is 10.2. The number of benzene rings is 1. The van der Waals surface area contributed by atoms with Gasteiger partial charge in [-0.15, -0.1) is 0 Å². The van der Waals surface area contributed by atoms with Crippen LogP contribution in [-0.4, -0.2) is 61.0 Å². The number of likely N-dealkylation sites (N-methyl/N-ethyl adjacent to an activating group) is 1. The van der Waals surface area contributed by atoms with Gasteiger partial charge in [-0.05, 0) is 13.1 Å². The summed E-state index contributed by atoms with van der Waals surface area (Å²) in [4.78, 5) is 14.9. The molecule has 1 fully saturated rings. The molecule has 0 bridgehead atoms. The van der Waals surface area contributed by atoms with Gasteiger partial charge in [-0.2, -0.15) is 0 Å². The van der Waals surface area contributed by atoms with E-state index in [9.17, 15) is 10.1 Å². The van der Waals surface area contributed by atoms with Crippen molar-refractivity contribution >= 4 is 17.1 Å². The average molecular weight is 279 g/mol. The van der Waals surface area contributed by atoms with Crippen molar-refractivity contribution in [1.29, 1.82) is 0 Å². The Morgan fingerprint density at radius 1 is 1.35 bits per heavy atom. The van der Waals surface area contributed by atoms with E-state index in [-0.39, 0.29) is 5.69 Å². The topological polar surface area (TPSA) is 87.7 Å². The molecule has 1 aliphatic heterocycles. The van der Waals surface area contributed by atoms with Gasteiger partial charge in [0.1, 0.15) is 0 Å². The summed E-state index contributed by atoms with van der Waals surface area (Å²) in [6.07, 6.45) is 0. The molecular weight excluding hydrogens is 258 g/mol. The van der Waals surface area contributed by atoms with Crippen LogP contribution in [0.3, 0.4) is 0 Å². The number of hydrogen-bond donors (Lipinski definition) is 2. The normalized spacial score (nSPS) is 17.1. The number of nitro groups is 1. The molecule has 0 amide bonds. The number of nitrogens with two attached hydrogens (primary N) is 1. The molecule has 110 valence electrons. The lowest BCUT2D eigenvalue weighted by Gasteiger charge is -2.32. The molecule has 0 saturated carbocycles. The highest BCUT2D eigenvalue weighted by Gasteiger charge is 2.13. The number of rotatable bonds is 5. The molecule has 7 heteroatoms. The standard InChI is InChI=1S/C13H21N5O2/c1-16-6-8-17(9-7-16)5-4-15-13-3-2-11(18(19)20)10-12(13)14/h2-3,10,15H,4-9,14H2,1H3. The summed E-state index contributed by atoms with van der Waals surface area (Å²) in [5.41, 5.74) is 7.00. The van der Waals surface area contributed by atoms with Gasteiger partial charge in [0.05, 0.1) is 16.3 Å². The van der Waals surface area contributed by atoms with E-state index in [2.05, 4.69) is 22.2 Å². The monoisotopic (exact) mass is 279 g/mol. The molecule has 1 aliphatic rings. The van der Waals surface area contributed by atoms with Crippen molar-refractivity contribution in [3.05, 3.63) is 28.3 Å². The van der Waals surface area contributed by atoms with Crippen LogP contribution in [-0.2, 0) is 0 Å². The Bertz CT molecular complexity index is 472. The van der Waals surface area contributed by atoms with Gasteiger partial charge in [0.2, 0.25) is 0 Å². The van der Waals surface area contributed by atoms with Crippen molar-refractivity contribution in [2.24, 2.45) is 0 Å². The molecule has 0 aliphatic carbocycles. The fourth-order valence-electron chi connectivity index (χ4n) is 2.24. The lowest BCUT2D eigenvalue weighted by Crippen LogP contribution is -2.45. The molecule has 0 atom stereocenters. The van der Waals surface area contributed by atoms with Crippen LogP contribution in [0, 0.1) is 10.1 Å². The predicted molar refractivity (Wildman–Crippen MR) is 79.9 cm³/mol. The maximum Gasteiger partial charge on any atom is 0.271 e. The molecule has 3 N–H and O–H groups in total. The van der Waals surface area contributed by atoms with Crippen LogP contribution in [0.4, 0.5) is 17.1 Å². The molecule has 20 heavy (non-hydrogen) atoms. The number of anilines is 2. The first-order chi connectivity index (χ1) is 9.56. The zero-order valence-corrected chi connectivity index (χ0v) is 11.7. The maximum absolute atomic E-state index is 10.6. The molecule has 1 aromatic carbocycles. The van der Waals surface area contributed by atoms with Gasteiger partial charge in [0.15, 0.2) is 0 Å². The third kappa shape index (κ3) is 3.82. The molecule has 0 unspecified atom stereocenters. The van der Waals surface area contributed by atoms with E-state index in [1.54, 1.807) is 6.07 Å². The predicted octanol–water partition coefficient (Wildman–Crippen LogP) is 0.836. The van der Waals surface area contributed by atoms with Crippen molar-refractivity contribution in [2.75, 3.05) is 57.4 Å². The van der Waals surface area contributed by atoms with E-state index in [1.807, 2.05) is 0 Å². The summed E-state index contributed by atoms with van der Waals surface area (Å²) in [6, 6.07) is 4.52. The van der Waals surface area contributed by atoms with Gasteiger partial charge in [-0.25, -0.2) is 0 Å². The Kier molecular flexibility index (Phi) is 4.75. The SMILES string of the molecule is CN1CCN(CCNc2ccc([N+](=O)[O-])cc2N)CC1. The van der Waals surface area contributed by atoms with Crippen LogP contribution in [0.5, 0.6) is 0 Å². The average Bonchev–Trinajstić information content (AvgIpc) is 2.42. The van der Waals surface area contributed by atoms with Crippen molar-refractivity contribution < 1.29 is 4.92 Å². The summed E-state index contributed by atoms with van der Waals surface area (Å²) in [6.45, 7) is 6.08. The van der Waals surface area contributed by atoms with E-state index in [0.717, 1.165) is 45.0 Å². The number of nitrogen functional groups attached to an aromatic ring is 1. The zero-order chi connectivity index (χ0) is 14.5. The van der Waals surface area contributed by atoms with Crippen LogP contribution < -0.4 is 11.1 Å². The Balaban J connectivity index is 1.81. The molecule has 0 aromatic heterocycles. The third-order valence-corrected chi connectivity index (χ3v) is 3.59. The maximum atomic E-state index is 10.6. The fourth-order valence-corrected chi connectivity index (χ4v) is 2.24. The Morgan fingerprint density at radius 3 is 2.65 bits per heavy atom. The summed E-state index contributed by atoms with van der Waals surface area (Å²) in [5, 5.41) is 13.9. The molecule has 1 heterocycles. The highest BCUT2D eigenvalue weighted by atomic mass is 16.6. The second-order valence-electron chi connectivity index (χ2n) is 5.10. The van der Waals surface area contributed by atoms with Crippen LogP contribution in [0.2, 0.25) is 0 Å². The Morgan fingerprint density at radius 2 is 2.05 bits per heavy atom. The van der Waals surface area contributed by atoms with Crippen LogP contribution >= 0.6 is 0 Å². The van der Waals surface area contributed by atoms with Gasteiger partial charge >= 0.3 is 0 Å². The molecule has 2 rings (SSSR count). The minimum absolute atomic E-state index is 0.0205. The van der Waals surface area contributed by atoms with Crippen molar-refractivity contribution in [3.63, 3.8) is 0 Å². The van der Waals surface area contributed by atoms with E-state index in [4.69, 9.17) is 5.73 Å². The quantitative estimate of drug-likeness (QED) is 0.472. The molecule has 1 saturated heterocycles. The summed E-state index contributed by atoms with van der Waals surface area (Å²) < 4.78 is 0. The van der Waals surface area contributed by atoms with E-state index in [1.165, 1.54) is 12.1 Å². The highest BCUT2D eigenvalue weighted by Crippen LogP contribution is 2.23. The van der Waals surface area contributed by atoms with Crippen molar-refractivity contribution in [3.8, 4) is 0 Å². The van der Waals surface area contributed by atoms with Crippen LogP contribution in [0.15, 0.2) is 18.2 Å². The molecule has 1 aromatic rings. The summed E-state index contributed by atoms with van der Waals surface area (Å²) in [5.74, 6) is 0. The number of nitro benzene ring substituents is 1. The number of non-ortho nitro benzene ring substituents is 1. The van der Waals surface area contributed by atoms with Gasteiger partial charge in [-0.1, -0.05) is 0 Å². The Hall–Kier alpha value is -1.86. The number of nitrogens with zero attached hydrogens (tertiary/aromatic N) is 3. The minimum Gasteiger partial charge on any atom is -0.397 e. The molecule has 0 radical (unpaired) electrons. The molecule has 0 spiro atoms. The first-order valence-electron chi connectivity index (χ1n) is 6.75. The summed E-state index contributed by atoms with van der Waals surface area (Å²) >= 11 is 0. The number of nitrogens with one attached hydrogen (secondary N) is 1. The van der Waals surface area contributed by atoms with Gasteiger partial charge in [0.25, 0.3) is 5.69 Å². The zero-order valence-electron chi connectivity index (χ0n) is 11.7. The van der Waals surface area contributed by atoms with E-state index >= 15 is 0 Å². The van der Waals surface area contributed by atoms with E-state index < -0.39 is 4.92 Å². The van der Waals surface area contributed by atoms with E-state index in [0.29, 0.717) is 5.69 Å². The largest absolute Gasteiger partial charge is 0.397 e. The molecular formula is C13H21N5O2. The number of piperazine rings is 1. The smallest absolute Gasteiger partial charge is 0.271 e. The van der Waals surface area contributed by atoms with Gasteiger partial charge in [0, 0.05) is 51.4 Å². The fraction of sp³-hybridized carbons (Fsp3) is 0.538. The van der Waals surface area contributed by atoms with Crippen LogP contribution in [0.1, 0.15) is 0 Å². The first kappa shape index (κ1) is 14.5. The Labute approximate surface area is 118 Å². The first-order valence-corrected chi connectivity index (χ1v) is 6.75. The van der Waals surface area contributed by atoms with Gasteiger partial charge in [-0.3, -0.25) is 15.0 Å². The van der Waals surface area contributed by atoms with Gasteiger partial charge < -0.3 is 16.0 Å². The summed E-state index contributed by atoms with van der Waals surface area (Å²) in [7, 11) is 2.13. The lowest BCUT2D eigenvalue weighted by molar-refractivity contribution is -0.384. The minimum atomic E-state index is -0.440.